The summed E-state index contributed by atoms with van der Waals surface area (Å²) in [5, 5.41) is 11.2. The lowest BCUT2D eigenvalue weighted by atomic mass is 9.48. The second kappa shape index (κ2) is 7.41. The first-order chi connectivity index (χ1) is 13.3. The predicted molar refractivity (Wildman–Crippen MR) is 108 cm³/mol. The number of fused-ring (bicyclic) bond motifs is 5. The molecule has 3 aliphatic carbocycles. The standard InChI is InChI=1S/C23H37NO4/c1-22-7-5-16-21(17(22)11-15(13-22)14-28-10-9-27-4)18(25)12-19-23(16,2)8-6-20(26)24(19)3/h6,8,15-19,21,25H,5,7,9-14H2,1-4H3/t15-,16+,17+,18+,19-,21-,22-,23-/m1/s1. The molecule has 0 aromatic carbocycles. The Morgan fingerprint density at radius 1 is 1.25 bits per heavy atom. The van der Waals surface area contributed by atoms with Gasteiger partial charge in [0.05, 0.1) is 19.3 Å². The Morgan fingerprint density at radius 2 is 2.04 bits per heavy atom. The number of rotatable bonds is 5. The highest BCUT2D eigenvalue weighted by Crippen LogP contribution is 2.64. The van der Waals surface area contributed by atoms with Gasteiger partial charge in [0.15, 0.2) is 0 Å². The molecule has 3 saturated carbocycles. The Balaban J connectivity index is 1.54. The summed E-state index contributed by atoms with van der Waals surface area (Å²) in [5.74, 6) is 1.97. The Kier molecular flexibility index (Phi) is 5.39. The molecule has 1 heterocycles. The molecule has 3 fully saturated rings. The van der Waals surface area contributed by atoms with Crippen molar-refractivity contribution in [3.63, 3.8) is 0 Å². The molecular weight excluding hydrogens is 354 g/mol. The third-order valence-electron chi connectivity index (χ3n) is 8.80. The van der Waals surface area contributed by atoms with Gasteiger partial charge in [-0.05, 0) is 67.3 Å². The minimum absolute atomic E-state index is 0.0268. The van der Waals surface area contributed by atoms with E-state index in [-0.39, 0.29) is 23.5 Å². The molecule has 1 N–H and O–H groups in total. The average Bonchev–Trinajstić information content (AvgIpc) is 3.00. The maximum atomic E-state index is 12.2. The number of nitrogens with zero attached hydrogens (tertiary/aromatic N) is 1. The summed E-state index contributed by atoms with van der Waals surface area (Å²) < 4.78 is 11.0. The van der Waals surface area contributed by atoms with Gasteiger partial charge in [-0.2, -0.15) is 0 Å². The van der Waals surface area contributed by atoms with Gasteiger partial charge in [0.25, 0.3) is 0 Å². The molecule has 28 heavy (non-hydrogen) atoms. The van der Waals surface area contributed by atoms with E-state index in [0.717, 1.165) is 19.4 Å². The van der Waals surface area contributed by atoms with Crippen molar-refractivity contribution >= 4 is 5.91 Å². The van der Waals surface area contributed by atoms with Crippen LogP contribution in [-0.4, -0.2) is 62.0 Å². The lowest BCUT2D eigenvalue weighted by Crippen LogP contribution is -2.63. The zero-order valence-electron chi connectivity index (χ0n) is 17.9. The molecule has 5 nitrogen and oxygen atoms in total. The largest absolute Gasteiger partial charge is 0.393 e. The third-order valence-corrected chi connectivity index (χ3v) is 8.80. The van der Waals surface area contributed by atoms with Gasteiger partial charge < -0.3 is 19.5 Å². The second-order valence-electron chi connectivity index (χ2n) is 10.3. The number of likely N-dealkylation sites (N-methyl/N-ethyl adjacent to an activating group) is 1. The first kappa shape index (κ1) is 20.4. The summed E-state index contributed by atoms with van der Waals surface area (Å²) in [6.07, 6.45) is 9.04. The van der Waals surface area contributed by atoms with Crippen LogP contribution in [0, 0.1) is 34.5 Å². The van der Waals surface area contributed by atoms with Crippen molar-refractivity contribution in [3.8, 4) is 0 Å². The number of aliphatic hydroxyl groups is 1. The van der Waals surface area contributed by atoms with Crippen LogP contribution in [0.15, 0.2) is 12.2 Å². The molecule has 158 valence electrons. The molecule has 0 unspecified atom stereocenters. The molecule has 1 aliphatic heterocycles. The fourth-order valence-electron chi connectivity index (χ4n) is 7.41. The number of hydrogen-bond acceptors (Lipinski definition) is 4. The summed E-state index contributed by atoms with van der Waals surface area (Å²) in [6, 6.07) is 0.111. The van der Waals surface area contributed by atoms with Crippen LogP contribution in [-0.2, 0) is 14.3 Å². The van der Waals surface area contributed by atoms with E-state index in [1.165, 1.54) is 12.8 Å². The minimum Gasteiger partial charge on any atom is -0.393 e. The van der Waals surface area contributed by atoms with Gasteiger partial charge in [-0.3, -0.25) is 4.79 Å². The molecule has 4 aliphatic rings. The zero-order valence-corrected chi connectivity index (χ0v) is 17.9. The van der Waals surface area contributed by atoms with Crippen molar-refractivity contribution in [1.82, 2.24) is 4.90 Å². The van der Waals surface area contributed by atoms with E-state index < -0.39 is 0 Å². The maximum Gasteiger partial charge on any atom is 0.246 e. The quantitative estimate of drug-likeness (QED) is 0.732. The Hall–Kier alpha value is -0.910. The molecule has 5 heteroatoms. The molecule has 0 saturated heterocycles. The average molecular weight is 392 g/mol. The van der Waals surface area contributed by atoms with Crippen molar-refractivity contribution in [2.75, 3.05) is 34.0 Å². The number of amides is 1. The highest BCUT2D eigenvalue weighted by molar-refractivity contribution is 5.89. The summed E-state index contributed by atoms with van der Waals surface area (Å²) in [4.78, 5) is 14.1. The van der Waals surface area contributed by atoms with E-state index in [4.69, 9.17) is 9.47 Å². The van der Waals surface area contributed by atoms with E-state index in [2.05, 4.69) is 19.9 Å². The molecule has 0 aromatic heterocycles. The van der Waals surface area contributed by atoms with Crippen molar-refractivity contribution in [3.05, 3.63) is 12.2 Å². The normalized spacial score (nSPS) is 47.6. The molecule has 0 bridgehead atoms. The van der Waals surface area contributed by atoms with E-state index in [9.17, 15) is 9.90 Å². The summed E-state index contributed by atoms with van der Waals surface area (Å²) in [5.41, 5.74) is 0.279. The van der Waals surface area contributed by atoms with Crippen LogP contribution in [0.1, 0.15) is 46.0 Å². The smallest absolute Gasteiger partial charge is 0.246 e. The van der Waals surface area contributed by atoms with Crippen molar-refractivity contribution in [2.24, 2.45) is 34.5 Å². The minimum atomic E-state index is -0.317. The lowest BCUT2D eigenvalue weighted by Gasteiger charge is -2.61. The van der Waals surface area contributed by atoms with Gasteiger partial charge in [-0.1, -0.05) is 19.9 Å². The molecular formula is C23H37NO4. The molecule has 4 rings (SSSR count). The highest BCUT2D eigenvalue weighted by atomic mass is 16.5. The predicted octanol–water partition coefficient (Wildman–Crippen LogP) is 2.88. The molecule has 8 atom stereocenters. The van der Waals surface area contributed by atoms with Crippen LogP contribution < -0.4 is 0 Å². The van der Waals surface area contributed by atoms with Crippen LogP contribution >= 0.6 is 0 Å². The Bertz CT molecular complexity index is 636. The van der Waals surface area contributed by atoms with Crippen LogP contribution in [0.25, 0.3) is 0 Å². The molecule has 1 amide bonds. The summed E-state index contributed by atoms with van der Waals surface area (Å²) in [7, 11) is 3.61. The molecule has 0 radical (unpaired) electrons. The Morgan fingerprint density at radius 3 is 2.79 bits per heavy atom. The monoisotopic (exact) mass is 391 g/mol. The van der Waals surface area contributed by atoms with Crippen LogP contribution in [0.4, 0.5) is 0 Å². The van der Waals surface area contributed by atoms with Crippen molar-refractivity contribution < 1.29 is 19.4 Å². The van der Waals surface area contributed by atoms with Crippen LogP contribution in [0.5, 0.6) is 0 Å². The van der Waals surface area contributed by atoms with Gasteiger partial charge in [0.1, 0.15) is 0 Å². The number of methoxy groups -OCH3 is 1. The van der Waals surface area contributed by atoms with E-state index in [0.29, 0.717) is 48.7 Å². The van der Waals surface area contributed by atoms with Crippen LogP contribution in [0.3, 0.4) is 0 Å². The number of carbonyl (C=O) groups is 1. The summed E-state index contributed by atoms with van der Waals surface area (Å²) in [6.45, 7) is 6.88. The SMILES string of the molecule is COCCOC[C@@H]1C[C@H]2[C@@H]3[C@@H](O)C[C@H]4N(C)C(=O)C=C[C@]4(C)[C@H]3CC[C@]2(C)C1. The van der Waals surface area contributed by atoms with E-state index >= 15 is 0 Å². The second-order valence-corrected chi connectivity index (χ2v) is 10.3. The van der Waals surface area contributed by atoms with E-state index in [1.807, 2.05) is 11.9 Å². The number of aliphatic hydroxyl groups excluding tert-OH is 1. The Labute approximate surface area is 169 Å². The third kappa shape index (κ3) is 3.14. The highest BCUT2D eigenvalue weighted by Gasteiger charge is 2.61. The first-order valence-electron chi connectivity index (χ1n) is 11.0. The van der Waals surface area contributed by atoms with Crippen LogP contribution in [0.2, 0.25) is 0 Å². The topological polar surface area (TPSA) is 59.0 Å². The van der Waals surface area contributed by atoms with Crippen molar-refractivity contribution in [1.29, 1.82) is 0 Å². The summed E-state index contributed by atoms with van der Waals surface area (Å²) >= 11 is 0. The van der Waals surface area contributed by atoms with Gasteiger partial charge in [0.2, 0.25) is 5.91 Å². The first-order valence-corrected chi connectivity index (χ1v) is 11.0. The number of ether oxygens (including phenoxy) is 2. The fourth-order valence-corrected chi connectivity index (χ4v) is 7.41. The lowest BCUT2D eigenvalue weighted by molar-refractivity contribution is -0.154. The van der Waals surface area contributed by atoms with Gasteiger partial charge in [-0.15, -0.1) is 0 Å². The van der Waals surface area contributed by atoms with Crippen molar-refractivity contribution in [2.45, 2.75) is 58.1 Å². The number of carbonyl (C=O) groups excluding carboxylic acids is 1. The van der Waals surface area contributed by atoms with Gasteiger partial charge in [-0.25, -0.2) is 0 Å². The zero-order chi connectivity index (χ0) is 20.1. The number of hydrogen-bond donors (Lipinski definition) is 1. The van der Waals surface area contributed by atoms with E-state index in [1.54, 1.807) is 13.2 Å². The molecule has 0 aromatic rings. The van der Waals surface area contributed by atoms with Gasteiger partial charge >= 0.3 is 0 Å². The van der Waals surface area contributed by atoms with Gasteiger partial charge in [0, 0.05) is 32.2 Å². The maximum absolute atomic E-state index is 12.2. The molecule has 0 spiro atoms. The fraction of sp³-hybridized carbons (Fsp3) is 0.870.